The Hall–Kier alpha value is -2.05. The van der Waals surface area contributed by atoms with Gasteiger partial charge >= 0.3 is 0 Å². The predicted octanol–water partition coefficient (Wildman–Crippen LogP) is 4.15. The van der Waals surface area contributed by atoms with Crippen LogP contribution in [0.3, 0.4) is 0 Å². The maximum absolute atomic E-state index is 12.8. The molecule has 0 radical (unpaired) electrons. The molecule has 146 valence electrons. The van der Waals surface area contributed by atoms with E-state index in [1.54, 1.807) is 6.07 Å². The molecule has 0 aliphatic rings. The summed E-state index contributed by atoms with van der Waals surface area (Å²) in [4.78, 5) is 12.8. The largest absolute Gasteiger partial charge is 0.345 e. The van der Waals surface area contributed by atoms with Gasteiger partial charge in [0.15, 0.2) is 0 Å². The van der Waals surface area contributed by atoms with Crippen LogP contribution in [0.5, 0.6) is 0 Å². The van der Waals surface area contributed by atoms with Crippen molar-refractivity contribution in [1.29, 1.82) is 0 Å². The molecule has 7 heteroatoms. The second kappa shape index (κ2) is 7.90. The lowest BCUT2D eigenvalue weighted by molar-refractivity contribution is 0.0940. The predicted molar refractivity (Wildman–Crippen MR) is 111 cm³/mol. The number of hydrogen-bond acceptors (Lipinski definition) is 3. The highest BCUT2D eigenvalue weighted by molar-refractivity contribution is 7.92. The Labute approximate surface area is 166 Å². The molecule has 0 aliphatic carbocycles. The second-order valence-corrected chi connectivity index (χ2v) is 9.30. The van der Waals surface area contributed by atoms with Crippen molar-refractivity contribution >= 4 is 33.2 Å². The van der Waals surface area contributed by atoms with E-state index in [1.807, 2.05) is 20.8 Å². The molecule has 0 fully saturated rings. The average molecular weight is 409 g/mol. The fourth-order valence-electron chi connectivity index (χ4n) is 2.88. The molecule has 1 amide bonds. The van der Waals surface area contributed by atoms with Gasteiger partial charge in [0.1, 0.15) is 0 Å². The molecule has 2 aromatic carbocycles. The molecule has 0 spiro atoms. The SMILES string of the molecule is Cc1cc(C)c([C@@H](C)NC(=O)c2cc(N(C)S(C)(=O)=O)ccc2Cl)cc1C. The maximum Gasteiger partial charge on any atom is 0.253 e. The smallest absolute Gasteiger partial charge is 0.253 e. The topological polar surface area (TPSA) is 66.5 Å². The van der Waals surface area contributed by atoms with Crippen LogP contribution in [-0.2, 0) is 10.0 Å². The van der Waals surface area contributed by atoms with Crippen LogP contribution in [0.1, 0.15) is 45.6 Å². The zero-order chi connectivity index (χ0) is 20.5. The van der Waals surface area contributed by atoms with Crippen LogP contribution in [0.2, 0.25) is 5.02 Å². The molecule has 0 unspecified atom stereocenters. The van der Waals surface area contributed by atoms with Crippen molar-refractivity contribution < 1.29 is 13.2 Å². The summed E-state index contributed by atoms with van der Waals surface area (Å²) in [7, 11) is -2.00. The van der Waals surface area contributed by atoms with E-state index in [2.05, 4.69) is 24.4 Å². The number of anilines is 1. The molecule has 0 bridgehead atoms. The summed E-state index contributed by atoms with van der Waals surface area (Å²) in [6.07, 6.45) is 1.10. The number of aryl methyl sites for hydroxylation is 3. The van der Waals surface area contributed by atoms with Crippen LogP contribution in [0, 0.1) is 20.8 Å². The number of nitrogens with one attached hydrogen (secondary N) is 1. The van der Waals surface area contributed by atoms with Crippen LogP contribution in [-0.4, -0.2) is 27.6 Å². The number of amides is 1. The first kappa shape index (κ1) is 21.3. The molecule has 0 aliphatic heterocycles. The Morgan fingerprint density at radius 1 is 1.07 bits per heavy atom. The van der Waals surface area contributed by atoms with Crippen molar-refractivity contribution in [2.45, 2.75) is 33.7 Å². The number of carbonyl (C=O) groups excluding carboxylic acids is 1. The number of rotatable bonds is 5. The van der Waals surface area contributed by atoms with E-state index >= 15 is 0 Å². The molecule has 0 saturated heterocycles. The Kier molecular flexibility index (Phi) is 6.22. The highest BCUT2D eigenvalue weighted by atomic mass is 35.5. The summed E-state index contributed by atoms with van der Waals surface area (Å²) in [5, 5.41) is 3.22. The molecule has 5 nitrogen and oxygen atoms in total. The standard InChI is InChI=1S/C20H25ClN2O3S/c1-12-9-14(3)17(10-13(12)2)15(4)22-20(24)18-11-16(7-8-19(18)21)23(5)27(6,25)26/h7-11,15H,1-6H3,(H,22,24)/t15-/m1/s1. The molecular weight excluding hydrogens is 384 g/mol. The van der Waals surface area contributed by atoms with E-state index < -0.39 is 10.0 Å². The first-order chi connectivity index (χ1) is 12.4. The van der Waals surface area contributed by atoms with Gasteiger partial charge in [-0.05, 0) is 68.1 Å². The number of sulfonamides is 1. The molecular formula is C20H25ClN2O3S. The average Bonchev–Trinajstić information content (AvgIpc) is 2.56. The second-order valence-electron chi connectivity index (χ2n) is 6.88. The number of hydrogen-bond donors (Lipinski definition) is 1. The Balaban J connectivity index is 2.32. The zero-order valence-electron chi connectivity index (χ0n) is 16.4. The van der Waals surface area contributed by atoms with Gasteiger partial charge in [-0.3, -0.25) is 9.10 Å². The van der Waals surface area contributed by atoms with Gasteiger partial charge in [-0.25, -0.2) is 8.42 Å². The summed E-state index contributed by atoms with van der Waals surface area (Å²) < 4.78 is 24.6. The third-order valence-corrected chi connectivity index (χ3v) is 6.29. The zero-order valence-corrected chi connectivity index (χ0v) is 18.0. The van der Waals surface area contributed by atoms with E-state index in [9.17, 15) is 13.2 Å². The highest BCUT2D eigenvalue weighted by Crippen LogP contribution is 2.26. The minimum atomic E-state index is -3.43. The quantitative estimate of drug-likeness (QED) is 0.807. The van der Waals surface area contributed by atoms with E-state index in [0.717, 1.165) is 27.3 Å². The van der Waals surface area contributed by atoms with Gasteiger partial charge in [-0.15, -0.1) is 0 Å². The lowest BCUT2D eigenvalue weighted by Gasteiger charge is -2.20. The summed E-state index contributed by atoms with van der Waals surface area (Å²) in [5.74, 6) is -0.353. The van der Waals surface area contributed by atoms with Crippen LogP contribution < -0.4 is 9.62 Å². The Morgan fingerprint density at radius 3 is 2.26 bits per heavy atom. The van der Waals surface area contributed by atoms with Crippen molar-refractivity contribution in [1.82, 2.24) is 5.32 Å². The number of halogens is 1. The minimum absolute atomic E-state index is 0.218. The normalized spacial score (nSPS) is 12.6. The van der Waals surface area contributed by atoms with Crippen molar-refractivity contribution in [3.63, 3.8) is 0 Å². The lowest BCUT2D eigenvalue weighted by Crippen LogP contribution is -2.28. The van der Waals surface area contributed by atoms with Gasteiger partial charge in [0.05, 0.1) is 28.6 Å². The fourth-order valence-corrected chi connectivity index (χ4v) is 3.58. The summed E-state index contributed by atoms with van der Waals surface area (Å²) >= 11 is 6.19. The van der Waals surface area contributed by atoms with Crippen LogP contribution >= 0.6 is 11.6 Å². The minimum Gasteiger partial charge on any atom is -0.345 e. The Morgan fingerprint density at radius 2 is 1.67 bits per heavy atom. The molecule has 1 N–H and O–H groups in total. The van der Waals surface area contributed by atoms with Gasteiger partial charge in [-0.1, -0.05) is 23.7 Å². The molecule has 2 aromatic rings. The van der Waals surface area contributed by atoms with E-state index in [4.69, 9.17) is 11.6 Å². The van der Waals surface area contributed by atoms with Crippen LogP contribution in [0.15, 0.2) is 30.3 Å². The van der Waals surface area contributed by atoms with E-state index in [0.29, 0.717) is 5.69 Å². The summed E-state index contributed by atoms with van der Waals surface area (Å²) in [5.41, 5.74) is 5.11. The Bertz CT molecular complexity index is 987. The highest BCUT2D eigenvalue weighted by Gasteiger charge is 2.19. The van der Waals surface area contributed by atoms with Gasteiger partial charge < -0.3 is 5.32 Å². The molecule has 27 heavy (non-hydrogen) atoms. The third-order valence-electron chi connectivity index (χ3n) is 4.75. The monoisotopic (exact) mass is 408 g/mol. The number of carbonyl (C=O) groups is 1. The maximum atomic E-state index is 12.8. The fraction of sp³-hybridized carbons (Fsp3) is 0.350. The number of nitrogens with zero attached hydrogens (tertiary/aromatic N) is 1. The first-order valence-corrected chi connectivity index (χ1v) is 10.8. The van der Waals surface area contributed by atoms with Crippen LogP contribution in [0.25, 0.3) is 0 Å². The van der Waals surface area contributed by atoms with Gasteiger partial charge in [-0.2, -0.15) is 0 Å². The molecule has 0 aromatic heterocycles. The van der Waals surface area contributed by atoms with Crippen molar-refractivity contribution in [3.8, 4) is 0 Å². The number of benzene rings is 2. The van der Waals surface area contributed by atoms with E-state index in [-0.39, 0.29) is 22.5 Å². The van der Waals surface area contributed by atoms with E-state index in [1.165, 1.54) is 24.7 Å². The summed E-state index contributed by atoms with van der Waals surface area (Å²) in [6, 6.07) is 8.53. The van der Waals surface area contributed by atoms with Gasteiger partial charge in [0.25, 0.3) is 5.91 Å². The third kappa shape index (κ3) is 4.82. The van der Waals surface area contributed by atoms with Crippen molar-refractivity contribution in [2.24, 2.45) is 0 Å². The first-order valence-electron chi connectivity index (χ1n) is 8.54. The van der Waals surface area contributed by atoms with Crippen molar-refractivity contribution in [2.75, 3.05) is 17.6 Å². The molecule has 1 atom stereocenters. The van der Waals surface area contributed by atoms with Crippen molar-refractivity contribution in [3.05, 3.63) is 63.2 Å². The summed E-state index contributed by atoms with van der Waals surface area (Å²) in [6.45, 7) is 8.02. The van der Waals surface area contributed by atoms with Gasteiger partial charge in [0, 0.05) is 7.05 Å². The molecule has 0 heterocycles. The van der Waals surface area contributed by atoms with Crippen LogP contribution in [0.4, 0.5) is 5.69 Å². The van der Waals surface area contributed by atoms with Gasteiger partial charge in [0.2, 0.25) is 10.0 Å². The lowest BCUT2D eigenvalue weighted by atomic mass is 9.96. The molecule has 2 rings (SSSR count). The molecule has 0 saturated carbocycles.